The molecule has 3 rings (SSSR count). The lowest BCUT2D eigenvalue weighted by Gasteiger charge is -2.03. The first-order chi connectivity index (χ1) is 10.5. The van der Waals surface area contributed by atoms with Crippen molar-refractivity contribution in [1.29, 1.82) is 0 Å². The highest BCUT2D eigenvalue weighted by Gasteiger charge is 2.25. The largest absolute Gasteiger partial charge is 0.508 e. The lowest BCUT2D eigenvalue weighted by Crippen LogP contribution is -2.04. The van der Waals surface area contributed by atoms with Gasteiger partial charge in [-0.25, -0.2) is 9.79 Å². The lowest BCUT2D eigenvalue weighted by molar-refractivity contribution is -0.129. The first-order valence-electron chi connectivity index (χ1n) is 6.37. The van der Waals surface area contributed by atoms with E-state index in [1.807, 2.05) is 6.07 Å². The average molecular weight is 297 g/mol. The second-order valence-corrected chi connectivity index (χ2v) is 4.60. The van der Waals surface area contributed by atoms with Gasteiger partial charge in [-0.05, 0) is 18.2 Å². The fraction of sp³-hybridized carbons (Fsp3) is 0. The molecule has 2 aromatic carbocycles. The van der Waals surface area contributed by atoms with Crippen molar-refractivity contribution in [1.82, 2.24) is 0 Å². The van der Waals surface area contributed by atoms with Crippen LogP contribution in [0, 0.1) is 0 Å². The molecule has 0 amide bonds. The number of esters is 1. The van der Waals surface area contributed by atoms with Gasteiger partial charge in [0.05, 0.1) is 5.56 Å². The molecule has 1 aliphatic rings. The second-order valence-electron chi connectivity index (χ2n) is 4.60. The van der Waals surface area contributed by atoms with Gasteiger partial charge in [0.2, 0.25) is 5.90 Å². The van der Waals surface area contributed by atoms with Crippen LogP contribution in [0.15, 0.2) is 53.2 Å². The van der Waals surface area contributed by atoms with Gasteiger partial charge in [0.1, 0.15) is 17.2 Å². The summed E-state index contributed by atoms with van der Waals surface area (Å²) < 4.78 is 5.07. The molecule has 0 unspecified atom stereocenters. The molecule has 6 heteroatoms. The van der Waals surface area contributed by atoms with E-state index < -0.39 is 5.97 Å². The zero-order valence-corrected chi connectivity index (χ0v) is 11.2. The Morgan fingerprint density at radius 3 is 2.27 bits per heavy atom. The number of phenolic OH excluding ortho intramolecular Hbond substituents is 3. The predicted molar refractivity (Wildman–Crippen MR) is 78.5 cm³/mol. The average Bonchev–Trinajstić information content (AvgIpc) is 2.85. The Morgan fingerprint density at radius 2 is 1.64 bits per heavy atom. The maximum absolute atomic E-state index is 11.8. The molecular weight excluding hydrogens is 286 g/mol. The second kappa shape index (κ2) is 5.25. The third-order valence-corrected chi connectivity index (χ3v) is 3.04. The molecule has 0 spiro atoms. The highest BCUT2D eigenvalue weighted by Crippen LogP contribution is 2.34. The smallest absolute Gasteiger partial charge is 0.363 e. The summed E-state index contributed by atoms with van der Waals surface area (Å²) in [4.78, 5) is 15.9. The van der Waals surface area contributed by atoms with Crippen molar-refractivity contribution in [3.63, 3.8) is 0 Å². The van der Waals surface area contributed by atoms with E-state index in [1.165, 1.54) is 6.08 Å². The van der Waals surface area contributed by atoms with Gasteiger partial charge >= 0.3 is 5.97 Å². The van der Waals surface area contributed by atoms with Crippen molar-refractivity contribution in [2.45, 2.75) is 0 Å². The summed E-state index contributed by atoms with van der Waals surface area (Å²) in [5, 5.41) is 28.7. The summed E-state index contributed by atoms with van der Waals surface area (Å²) in [6.45, 7) is 0. The SMILES string of the molecule is O=C1OC(c2ccccc2)=N/C1=C/c1c(O)cc(O)cc1O. The van der Waals surface area contributed by atoms with Crippen molar-refractivity contribution in [3.05, 3.63) is 59.3 Å². The van der Waals surface area contributed by atoms with Crippen molar-refractivity contribution in [3.8, 4) is 17.2 Å². The summed E-state index contributed by atoms with van der Waals surface area (Å²) in [6.07, 6.45) is 1.20. The van der Waals surface area contributed by atoms with Crippen molar-refractivity contribution >= 4 is 17.9 Å². The summed E-state index contributed by atoms with van der Waals surface area (Å²) in [5.41, 5.74) is 0.552. The molecule has 0 saturated heterocycles. The van der Waals surface area contributed by atoms with Crippen LogP contribution < -0.4 is 0 Å². The Morgan fingerprint density at radius 1 is 1.00 bits per heavy atom. The topological polar surface area (TPSA) is 99.4 Å². The van der Waals surface area contributed by atoms with E-state index in [2.05, 4.69) is 4.99 Å². The number of rotatable bonds is 2. The van der Waals surface area contributed by atoms with Crippen LogP contribution in [0.3, 0.4) is 0 Å². The van der Waals surface area contributed by atoms with Crippen LogP contribution in [0.4, 0.5) is 0 Å². The number of hydrogen-bond donors (Lipinski definition) is 3. The van der Waals surface area contributed by atoms with E-state index >= 15 is 0 Å². The first-order valence-corrected chi connectivity index (χ1v) is 6.37. The summed E-state index contributed by atoms with van der Waals surface area (Å²) in [7, 11) is 0. The number of carbonyl (C=O) groups is 1. The molecule has 0 radical (unpaired) electrons. The number of aliphatic imine (C=N–C) groups is 1. The first kappa shape index (κ1) is 13.7. The van der Waals surface area contributed by atoms with Gasteiger partial charge in [0.15, 0.2) is 5.70 Å². The summed E-state index contributed by atoms with van der Waals surface area (Å²) in [6, 6.07) is 11.0. The molecule has 0 atom stereocenters. The number of hydrogen-bond acceptors (Lipinski definition) is 6. The molecule has 2 aromatic rings. The zero-order chi connectivity index (χ0) is 15.7. The van der Waals surface area contributed by atoms with Gasteiger partial charge in [-0.2, -0.15) is 0 Å². The Labute approximate surface area is 125 Å². The number of cyclic esters (lactones) is 1. The molecule has 0 aromatic heterocycles. The summed E-state index contributed by atoms with van der Waals surface area (Å²) in [5.74, 6) is -1.58. The quantitative estimate of drug-likeness (QED) is 0.582. The highest BCUT2D eigenvalue weighted by molar-refractivity contribution is 6.13. The maximum atomic E-state index is 11.8. The van der Waals surface area contributed by atoms with Crippen LogP contribution in [-0.4, -0.2) is 27.2 Å². The van der Waals surface area contributed by atoms with Gasteiger partial charge in [0, 0.05) is 17.7 Å². The zero-order valence-electron chi connectivity index (χ0n) is 11.2. The molecule has 0 fully saturated rings. The number of aromatic hydroxyl groups is 3. The normalized spacial score (nSPS) is 15.7. The standard InChI is InChI=1S/C16H11NO5/c18-10-6-13(19)11(14(20)7-10)8-12-16(21)22-15(17-12)9-4-2-1-3-5-9/h1-8,18-20H/b12-8+. The molecular formula is C16H11NO5. The monoisotopic (exact) mass is 297 g/mol. The minimum atomic E-state index is -0.689. The van der Waals surface area contributed by atoms with Crippen LogP contribution in [-0.2, 0) is 9.53 Å². The van der Waals surface area contributed by atoms with Crippen molar-refractivity contribution < 1.29 is 24.9 Å². The fourth-order valence-corrected chi connectivity index (χ4v) is 2.01. The van der Waals surface area contributed by atoms with Crippen molar-refractivity contribution in [2.24, 2.45) is 4.99 Å². The molecule has 110 valence electrons. The molecule has 22 heavy (non-hydrogen) atoms. The number of nitrogens with zero attached hydrogens (tertiary/aromatic N) is 1. The van der Waals surface area contributed by atoms with Crippen LogP contribution in [0.5, 0.6) is 17.2 Å². The molecule has 0 saturated carbocycles. The lowest BCUT2D eigenvalue weighted by atomic mass is 10.1. The Balaban J connectivity index is 2.02. The third kappa shape index (κ3) is 2.49. The van der Waals surface area contributed by atoms with Gasteiger partial charge < -0.3 is 20.1 Å². The van der Waals surface area contributed by atoms with E-state index in [9.17, 15) is 20.1 Å². The predicted octanol–water partition coefficient (Wildman–Crippen LogP) is 2.15. The molecule has 3 N–H and O–H groups in total. The Bertz CT molecular complexity index is 786. The summed E-state index contributed by atoms with van der Waals surface area (Å²) >= 11 is 0. The molecule has 1 heterocycles. The fourth-order valence-electron chi connectivity index (χ4n) is 2.01. The van der Waals surface area contributed by atoms with Gasteiger partial charge in [-0.15, -0.1) is 0 Å². The molecule has 0 bridgehead atoms. The van der Waals surface area contributed by atoms with E-state index in [1.54, 1.807) is 24.3 Å². The maximum Gasteiger partial charge on any atom is 0.363 e. The van der Waals surface area contributed by atoms with Crippen molar-refractivity contribution in [2.75, 3.05) is 0 Å². The van der Waals surface area contributed by atoms with E-state index in [0.717, 1.165) is 12.1 Å². The van der Waals surface area contributed by atoms with E-state index in [0.29, 0.717) is 5.56 Å². The van der Waals surface area contributed by atoms with Gasteiger partial charge in [-0.3, -0.25) is 0 Å². The number of carbonyl (C=O) groups excluding carboxylic acids is 1. The minimum Gasteiger partial charge on any atom is -0.508 e. The number of benzene rings is 2. The number of ether oxygens (including phenoxy) is 1. The number of phenols is 3. The van der Waals surface area contributed by atoms with Crippen LogP contribution >= 0.6 is 0 Å². The van der Waals surface area contributed by atoms with Gasteiger partial charge in [-0.1, -0.05) is 18.2 Å². The highest BCUT2D eigenvalue weighted by atomic mass is 16.6. The molecule has 0 aliphatic carbocycles. The van der Waals surface area contributed by atoms with Gasteiger partial charge in [0.25, 0.3) is 0 Å². The molecule has 1 aliphatic heterocycles. The Kier molecular flexibility index (Phi) is 3.27. The van der Waals surface area contributed by atoms with E-state index in [-0.39, 0.29) is 34.4 Å². The Hall–Kier alpha value is -3.28. The minimum absolute atomic E-state index is 0.0252. The molecule has 6 nitrogen and oxygen atoms in total. The third-order valence-electron chi connectivity index (χ3n) is 3.04. The van der Waals surface area contributed by atoms with Crippen LogP contribution in [0.25, 0.3) is 6.08 Å². The van der Waals surface area contributed by atoms with Crippen LogP contribution in [0.2, 0.25) is 0 Å². The van der Waals surface area contributed by atoms with E-state index in [4.69, 9.17) is 4.74 Å². The van der Waals surface area contributed by atoms with Crippen LogP contribution in [0.1, 0.15) is 11.1 Å².